The fraction of sp³-hybridized carbons (Fsp3) is 0.692. The lowest BCUT2D eigenvalue weighted by molar-refractivity contribution is -0.137. The van der Waals surface area contributed by atoms with Gasteiger partial charge >= 0.3 is 6.03 Å². The Labute approximate surface area is 230 Å². The second-order valence-electron chi connectivity index (χ2n) is 9.78. The van der Waals surface area contributed by atoms with Crippen LogP contribution >= 0.6 is 0 Å². The topological polar surface area (TPSA) is 189 Å². The van der Waals surface area contributed by atoms with Crippen molar-refractivity contribution in [1.29, 1.82) is 0 Å². The lowest BCUT2D eigenvalue weighted by atomic mass is 10.0. The standard InChI is InChI=1S/C26H44N6O7/c1-18(2)24(25(37)31-19(3)6-4-13-30-26(27)38)29-12-5-7-20(33)11-16-39-17-14-28-21(34)10-15-32-22(35)8-9-23(32)36/h8-9,18-19,24,29H,4-7,10-17H2,1-3H3,(H,28,34)(H,31,37)(H3,27,30,38)/t19-,24+/m1/s1. The van der Waals surface area contributed by atoms with Crippen molar-refractivity contribution in [2.24, 2.45) is 11.7 Å². The van der Waals surface area contributed by atoms with E-state index in [1.54, 1.807) is 0 Å². The largest absolute Gasteiger partial charge is 0.379 e. The van der Waals surface area contributed by atoms with E-state index in [4.69, 9.17) is 10.5 Å². The minimum atomic E-state index is -0.563. The van der Waals surface area contributed by atoms with Crippen LogP contribution in [0.3, 0.4) is 0 Å². The van der Waals surface area contributed by atoms with Gasteiger partial charge in [-0.25, -0.2) is 4.79 Å². The van der Waals surface area contributed by atoms with E-state index in [-0.39, 0.29) is 74.7 Å². The third kappa shape index (κ3) is 15.0. The van der Waals surface area contributed by atoms with Gasteiger partial charge in [-0.15, -0.1) is 0 Å². The van der Waals surface area contributed by atoms with E-state index >= 15 is 0 Å². The van der Waals surface area contributed by atoms with E-state index in [0.717, 1.165) is 4.90 Å². The second-order valence-corrected chi connectivity index (χ2v) is 9.78. The van der Waals surface area contributed by atoms with Crippen LogP contribution in [0.25, 0.3) is 0 Å². The predicted octanol–water partition coefficient (Wildman–Crippen LogP) is -0.259. The van der Waals surface area contributed by atoms with Gasteiger partial charge in [0.2, 0.25) is 11.8 Å². The number of hydrogen-bond acceptors (Lipinski definition) is 8. The first kappa shape index (κ1) is 33.7. The Morgan fingerprint density at radius 2 is 1.59 bits per heavy atom. The third-order valence-electron chi connectivity index (χ3n) is 6.00. The van der Waals surface area contributed by atoms with Crippen molar-refractivity contribution >= 4 is 35.4 Å². The molecule has 0 unspecified atom stereocenters. The van der Waals surface area contributed by atoms with Crippen LogP contribution in [-0.4, -0.2) is 91.8 Å². The van der Waals surface area contributed by atoms with Gasteiger partial charge in [-0.3, -0.25) is 28.9 Å². The Hall–Kier alpha value is -3.32. The molecule has 1 heterocycles. The second kappa shape index (κ2) is 18.9. The molecule has 1 aliphatic rings. The van der Waals surface area contributed by atoms with Crippen LogP contribution in [0.1, 0.15) is 59.3 Å². The summed E-state index contributed by atoms with van der Waals surface area (Å²) < 4.78 is 5.40. The molecule has 0 saturated carbocycles. The van der Waals surface area contributed by atoms with Crippen molar-refractivity contribution < 1.29 is 33.5 Å². The molecule has 0 bridgehead atoms. The number of ketones is 1. The Balaban J connectivity index is 2.10. The van der Waals surface area contributed by atoms with Gasteiger partial charge in [0.15, 0.2) is 0 Å². The molecule has 13 nitrogen and oxygen atoms in total. The number of carbonyl (C=O) groups excluding carboxylic acids is 6. The lowest BCUT2D eigenvalue weighted by Gasteiger charge is -2.24. The summed E-state index contributed by atoms with van der Waals surface area (Å²) in [5.41, 5.74) is 5.03. The van der Waals surface area contributed by atoms with Gasteiger partial charge < -0.3 is 31.7 Å². The summed E-state index contributed by atoms with van der Waals surface area (Å²) in [6.45, 7) is 7.59. The summed E-state index contributed by atoms with van der Waals surface area (Å²) in [6.07, 6.45) is 5.00. The van der Waals surface area contributed by atoms with E-state index in [9.17, 15) is 28.8 Å². The maximum Gasteiger partial charge on any atom is 0.312 e. The van der Waals surface area contributed by atoms with Crippen molar-refractivity contribution in [3.63, 3.8) is 0 Å². The Kier molecular flexibility index (Phi) is 16.3. The minimum absolute atomic E-state index is 0.0140. The monoisotopic (exact) mass is 552 g/mol. The van der Waals surface area contributed by atoms with Crippen LogP contribution < -0.4 is 27.0 Å². The van der Waals surface area contributed by atoms with Crippen molar-refractivity contribution in [1.82, 2.24) is 26.2 Å². The first-order valence-electron chi connectivity index (χ1n) is 13.5. The quantitative estimate of drug-likeness (QED) is 0.0951. The van der Waals surface area contributed by atoms with Gasteiger partial charge in [-0.2, -0.15) is 0 Å². The van der Waals surface area contributed by atoms with Crippen molar-refractivity contribution in [2.75, 3.05) is 39.4 Å². The molecule has 6 N–H and O–H groups in total. The molecule has 0 aliphatic carbocycles. The van der Waals surface area contributed by atoms with E-state index in [2.05, 4.69) is 21.3 Å². The van der Waals surface area contributed by atoms with Gasteiger partial charge in [0.25, 0.3) is 11.8 Å². The normalized spacial score (nSPS) is 14.4. The zero-order chi connectivity index (χ0) is 29.2. The highest BCUT2D eigenvalue weighted by atomic mass is 16.5. The number of Topliss-reactive ketones (excluding diaryl/α,β-unsaturated/α-hetero) is 1. The highest BCUT2D eigenvalue weighted by molar-refractivity contribution is 6.13. The fourth-order valence-corrected chi connectivity index (χ4v) is 3.83. The highest BCUT2D eigenvalue weighted by Crippen LogP contribution is 2.06. The molecule has 0 spiro atoms. The van der Waals surface area contributed by atoms with Crippen molar-refractivity contribution in [3.05, 3.63) is 12.2 Å². The first-order chi connectivity index (χ1) is 18.5. The number of nitrogens with two attached hydrogens (primary N) is 1. The highest BCUT2D eigenvalue weighted by Gasteiger charge is 2.24. The zero-order valence-corrected chi connectivity index (χ0v) is 23.3. The van der Waals surface area contributed by atoms with Crippen LogP contribution in [0.4, 0.5) is 4.79 Å². The van der Waals surface area contributed by atoms with Crippen LogP contribution in [0.5, 0.6) is 0 Å². The molecule has 0 saturated heterocycles. The smallest absolute Gasteiger partial charge is 0.312 e. The molecular weight excluding hydrogens is 508 g/mol. The number of carbonyl (C=O) groups is 6. The molecule has 39 heavy (non-hydrogen) atoms. The summed E-state index contributed by atoms with van der Waals surface area (Å²) in [4.78, 5) is 71.2. The lowest BCUT2D eigenvalue weighted by Crippen LogP contribution is -2.50. The summed E-state index contributed by atoms with van der Waals surface area (Å²) in [6, 6.07) is -0.988. The van der Waals surface area contributed by atoms with E-state index in [1.807, 2.05) is 20.8 Å². The molecule has 0 aromatic rings. The molecule has 0 fully saturated rings. The number of imide groups is 1. The molecule has 1 aliphatic heterocycles. The molecule has 0 aromatic heterocycles. The zero-order valence-electron chi connectivity index (χ0n) is 23.3. The number of hydrogen-bond donors (Lipinski definition) is 5. The Bertz CT molecular complexity index is 859. The molecule has 2 atom stereocenters. The van der Waals surface area contributed by atoms with Crippen LogP contribution in [-0.2, 0) is 28.7 Å². The van der Waals surface area contributed by atoms with Gasteiger partial charge in [0.05, 0.1) is 19.3 Å². The maximum atomic E-state index is 12.7. The molecular formula is C26H44N6O7. The molecule has 220 valence electrons. The third-order valence-corrected chi connectivity index (χ3v) is 6.00. The number of primary amides is 1. The Morgan fingerprint density at radius 3 is 2.23 bits per heavy atom. The first-order valence-corrected chi connectivity index (χ1v) is 13.5. The summed E-state index contributed by atoms with van der Waals surface area (Å²) in [5, 5.41) is 11.4. The summed E-state index contributed by atoms with van der Waals surface area (Å²) in [5.74, 6) is -1.11. The van der Waals surface area contributed by atoms with Crippen LogP contribution in [0, 0.1) is 5.92 Å². The Morgan fingerprint density at radius 1 is 0.897 bits per heavy atom. The molecule has 13 heteroatoms. The maximum absolute atomic E-state index is 12.7. The summed E-state index contributed by atoms with van der Waals surface area (Å²) >= 11 is 0. The van der Waals surface area contributed by atoms with Gasteiger partial charge in [-0.05, 0) is 38.6 Å². The molecule has 0 radical (unpaired) electrons. The average molecular weight is 553 g/mol. The average Bonchev–Trinajstić information content (AvgIpc) is 3.18. The van der Waals surface area contributed by atoms with Crippen LogP contribution in [0.15, 0.2) is 12.2 Å². The number of nitrogens with one attached hydrogen (secondary N) is 4. The van der Waals surface area contributed by atoms with Gasteiger partial charge in [-0.1, -0.05) is 13.8 Å². The number of nitrogens with zero attached hydrogens (tertiary/aromatic N) is 1. The van der Waals surface area contributed by atoms with E-state index in [0.29, 0.717) is 38.8 Å². The van der Waals surface area contributed by atoms with Crippen molar-refractivity contribution in [3.8, 4) is 0 Å². The van der Waals surface area contributed by atoms with Crippen LogP contribution in [0.2, 0.25) is 0 Å². The molecule has 6 amide bonds. The number of urea groups is 1. The minimum Gasteiger partial charge on any atom is -0.379 e. The molecule has 1 rings (SSSR count). The van der Waals surface area contributed by atoms with Crippen molar-refractivity contribution in [2.45, 2.75) is 71.4 Å². The predicted molar refractivity (Wildman–Crippen MR) is 144 cm³/mol. The number of rotatable bonds is 21. The summed E-state index contributed by atoms with van der Waals surface area (Å²) in [7, 11) is 0. The number of ether oxygens (including phenoxy) is 1. The van der Waals surface area contributed by atoms with Gasteiger partial charge in [0, 0.05) is 57.1 Å². The van der Waals surface area contributed by atoms with E-state index in [1.165, 1.54) is 12.2 Å². The fourth-order valence-electron chi connectivity index (χ4n) is 3.83. The SMILES string of the molecule is CC(C)[C@H](NCCCC(=O)CCOCCNC(=O)CCN1C(=O)C=CC1=O)C(=O)N[C@H](C)CCCNC(N)=O. The molecule has 0 aromatic carbocycles. The number of amides is 6. The van der Waals surface area contributed by atoms with Gasteiger partial charge in [0.1, 0.15) is 5.78 Å². The van der Waals surface area contributed by atoms with E-state index < -0.39 is 17.8 Å².